The van der Waals surface area contributed by atoms with E-state index in [0.717, 1.165) is 24.7 Å². The van der Waals surface area contributed by atoms with Crippen LogP contribution >= 0.6 is 0 Å². The van der Waals surface area contributed by atoms with E-state index in [2.05, 4.69) is 10.0 Å². The minimum absolute atomic E-state index is 0.0357. The molecule has 1 aliphatic rings. The summed E-state index contributed by atoms with van der Waals surface area (Å²) >= 11 is 0. The lowest BCUT2D eigenvalue weighted by Gasteiger charge is -2.19. The molecule has 1 aliphatic carbocycles. The highest BCUT2D eigenvalue weighted by atomic mass is 32.2. The predicted octanol–water partition coefficient (Wildman–Crippen LogP) is 2.82. The van der Waals surface area contributed by atoms with Gasteiger partial charge in [0.15, 0.2) is 0 Å². The van der Waals surface area contributed by atoms with Gasteiger partial charge < -0.3 is 5.32 Å². The quantitative estimate of drug-likeness (QED) is 0.845. The maximum atomic E-state index is 12.1. The predicted molar refractivity (Wildman–Crippen MR) is 88.0 cm³/mol. The molecule has 0 radical (unpaired) electrons. The Morgan fingerprint density at radius 1 is 1.27 bits per heavy atom. The molecule has 6 heteroatoms. The van der Waals surface area contributed by atoms with E-state index in [1.54, 1.807) is 12.1 Å². The summed E-state index contributed by atoms with van der Waals surface area (Å²) in [6.07, 6.45) is 6.38. The van der Waals surface area contributed by atoms with Gasteiger partial charge in [-0.3, -0.25) is 9.52 Å². The van der Waals surface area contributed by atoms with Crippen LogP contribution in [-0.2, 0) is 14.8 Å². The van der Waals surface area contributed by atoms with Crippen molar-refractivity contribution < 1.29 is 13.2 Å². The molecule has 0 aromatic heterocycles. The Morgan fingerprint density at radius 2 is 1.91 bits per heavy atom. The van der Waals surface area contributed by atoms with Crippen LogP contribution in [0.5, 0.6) is 0 Å². The van der Waals surface area contributed by atoms with E-state index in [9.17, 15) is 13.2 Å². The van der Waals surface area contributed by atoms with E-state index >= 15 is 0 Å². The Hall–Kier alpha value is -1.56. The van der Waals surface area contributed by atoms with Crippen LogP contribution in [-0.4, -0.2) is 20.6 Å². The molecule has 122 valence electrons. The van der Waals surface area contributed by atoms with Crippen molar-refractivity contribution in [3.8, 4) is 0 Å². The van der Waals surface area contributed by atoms with Gasteiger partial charge in [0.1, 0.15) is 0 Å². The third-order valence-electron chi connectivity index (χ3n) is 4.05. The first-order valence-electron chi connectivity index (χ1n) is 7.71. The molecule has 0 saturated heterocycles. The summed E-state index contributed by atoms with van der Waals surface area (Å²) in [5.74, 6) is 0.533. The molecule has 1 aromatic rings. The highest BCUT2D eigenvalue weighted by molar-refractivity contribution is 7.92. The van der Waals surface area contributed by atoms with Gasteiger partial charge in [-0.25, -0.2) is 8.42 Å². The summed E-state index contributed by atoms with van der Waals surface area (Å²) in [5.41, 5.74) is 1.28. The minimum Gasteiger partial charge on any atom is -0.349 e. The van der Waals surface area contributed by atoms with Gasteiger partial charge in [-0.15, -0.1) is 0 Å². The number of benzene rings is 1. The minimum atomic E-state index is -3.34. The Balaban J connectivity index is 2.02. The Kier molecular flexibility index (Phi) is 5.45. The largest absolute Gasteiger partial charge is 0.349 e. The number of para-hydroxylation sites is 1. The van der Waals surface area contributed by atoms with Gasteiger partial charge in [-0.05, 0) is 37.3 Å². The zero-order valence-corrected chi connectivity index (χ0v) is 13.9. The van der Waals surface area contributed by atoms with Gasteiger partial charge in [-0.1, -0.05) is 31.0 Å². The third-order valence-corrected chi connectivity index (χ3v) is 4.64. The molecule has 22 heavy (non-hydrogen) atoms. The summed E-state index contributed by atoms with van der Waals surface area (Å²) in [6, 6.07) is 6.90. The van der Waals surface area contributed by atoms with Crippen LogP contribution in [0, 0.1) is 5.92 Å². The average Bonchev–Trinajstić information content (AvgIpc) is 2.90. The lowest BCUT2D eigenvalue weighted by Crippen LogP contribution is -2.28. The molecule has 1 fully saturated rings. The van der Waals surface area contributed by atoms with Crippen LogP contribution < -0.4 is 10.0 Å². The van der Waals surface area contributed by atoms with Crippen LogP contribution in [0.4, 0.5) is 5.69 Å². The van der Waals surface area contributed by atoms with Crippen LogP contribution in [0.3, 0.4) is 0 Å². The smallest absolute Gasteiger partial charge is 0.229 e. The van der Waals surface area contributed by atoms with E-state index in [-0.39, 0.29) is 11.9 Å². The first-order chi connectivity index (χ1) is 10.3. The molecule has 1 unspecified atom stereocenters. The molecule has 0 bridgehead atoms. The van der Waals surface area contributed by atoms with Crippen molar-refractivity contribution >= 4 is 21.6 Å². The topological polar surface area (TPSA) is 75.3 Å². The summed E-state index contributed by atoms with van der Waals surface area (Å²) in [4.78, 5) is 12.1. The summed E-state index contributed by atoms with van der Waals surface area (Å²) in [5, 5.41) is 2.98. The number of nitrogens with one attached hydrogen (secondary N) is 2. The highest BCUT2D eigenvalue weighted by Crippen LogP contribution is 2.28. The van der Waals surface area contributed by atoms with Crippen molar-refractivity contribution in [3.05, 3.63) is 29.8 Å². The zero-order valence-electron chi connectivity index (χ0n) is 13.1. The molecule has 0 spiro atoms. The van der Waals surface area contributed by atoms with Gasteiger partial charge in [-0.2, -0.15) is 0 Å². The fraction of sp³-hybridized carbons (Fsp3) is 0.562. The molecule has 5 nitrogen and oxygen atoms in total. The maximum absolute atomic E-state index is 12.1. The van der Waals surface area contributed by atoms with Gasteiger partial charge in [0.05, 0.1) is 18.0 Å². The third kappa shape index (κ3) is 5.02. The number of sulfonamides is 1. The Labute approximate surface area is 132 Å². The van der Waals surface area contributed by atoms with Crippen molar-refractivity contribution in [2.75, 3.05) is 11.0 Å². The second-order valence-corrected chi connectivity index (χ2v) is 7.85. The molecule has 0 heterocycles. The molecule has 2 rings (SSSR count). The number of anilines is 1. The van der Waals surface area contributed by atoms with Gasteiger partial charge >= 0.3 is 0 Å². The standard InChI is InChI=1S/C16H24N2O3S/c1-12(17-16(19)11-13-7-3-4-8-13)14-9-5-6-10-15(14)18-22(2,20)21/h5-6,9-10,12-13,18H,3-4,7-8,11H2,1-2H3,(H,17,19). The number of rotatable bonds is 6. The van der Waals surface area contributed by atoms with Crippen molar-refractivity contribution in [1.29, 1.82) is 0 Å². The number of amides is 1. The number of carbonyl (C=O) groups is 1. The Morgan fingerprint density at radius 3 is 2.55 bits per heavy atom. The highest BCUT2D eigenvalue weighted by Gasteiger charge is 2.20. The maximum Gasteiger partial charge on any atom is 0.229 e. The van der Waals surface area contributed by atoms with Gasteiger partial charge in [0, 0.05) is 6.42 Å². The van der Waals surface area contributed by atoms with Crippen LogP contribution in [0.1, 0.15) is 50.6 Å². The summed E-state index contributed by atoms with van der Waals surface area (Å²) in [6.45, 7) is 1.87. The fourth-order valence-electron chi connectivity index (χ4n) is 3.02. The lowest BCUT2D eigenvalue weighted by molar-refractivity contribution is -0.122. The van der Waals surface area contributed by atoms with Crippen molar-refractivity contribution in [3.63, 3.8) is 0 Å². The monoisotopic (exact) mass is 324 g/mol. The van der Waals surface area contributed by atoms with E-state index < -0.39 is 10.0 Å². The summed E-state index contributed by atoms with van der Waals surface area (Å²) in [7, 11) is -3.34. The number of hydrogen-bond donors (Lipinski definition) is 2. The molecule has 1 atom stereocenters. The summed E-state index contributed by atoms with van der Waals surface area (Å²) < 4.78 is 25.4. The van der Waals surface area contributed by atoms with Crippen LogP contribution in [0.2, 0.25) is 0 Å². The van der Waals surface area contributed by atoms with E-state index in [4.69, 9.17) is 0 Å². The van der Waals surface area contributed by atoms with Crippen molar-refractivity contribution in [1.82, 2.24) is 5.32 Å². The number of hydrogen-bond acceptors (Lipinski definition) is 3. The first kappa shape index (κ1) is 16.8. The van der Waals surface area contributed by atoms with Gasteiger partial charge in [0.25, 0.3) is 0 Å². The molecule has 1 saturated carbocycles. The lowest BCUT2D eigenvalue weighted by atomic mass is 10.0. The second-order valence-electron chi connectivity index (χ2n) is 6.11. The van der Waals surface area contributed by atoms with E-state index in [1.165, 1.54) is 12.8 Å². The van der Waals surface area contributed by atoms with E-state index in [1.807, 2.05) is 19.1 Å². The normalized spacial score (nSPS) is 17.2. The van der Waals surface area contributed by atoms with E-state index in [0.29, 0.717) is 18.0 Å². The van der Waals surface area contributed by atoms with Gasteiger partial charge in [0.2, 0.25) is 15.9 Å². The molecule has 0 aliphatic heterocycles. The SMILES string of the molecule is CC(NC(=O)CC1CCCC1)c1ccccc1NS(C)(=O)=O. The molecule has 1 amide bonds. The molecule has 1 aromatic carbocycles. The van der Waals surface area contributed by atoms with Crippen molar-refractivity contribution in [2.45, 2.75) is 45.1 Å². The Bertz CT molecular complexity index is 622. The molecule has 2 N–H and O–H groups in total. The first-order valence-corrected chi connectivity index (χ1v) is 9.60. The van der Waals surface area contributed by atoms with Crippen LogP contribution in [0.15, 0.2) is 24.3 Å². The average molecular weight is 324 g/mol. The fourth-order valence-corrected chi connectivity index (χ4v) is 3.61. The van der Waals surface area contributed by atoms with Crippen molar-refractivity contribution in [2.24, 2.45) is 5.92 Å². The zero-order chi connectivity index (χ0) is 16.2. The molecular weight excluding hydrogens is 300 g/mol. The second kappa shape index (κ2) is 7.13. The number of carbonyl (C=O) groups excluding carboxylic acids is 1. The van der Waals surface area contributed by atoms with Crippen LogP contribution in [0.25, 0.3) is 0 Å². The molecular formula is C16H24N2O3S.